The molecule has 0 bridgehead atoms. The lowest BCUT2D eigenvalue weighted by Crippen LogP contribution is -2.49. The first-order chi connectivity index (χ1) is 14.6. The molecule has 4 rings (SSSR count). The number of hydrogen-bond acceptors (Lipinski definition) is 6. The van der Waals surface area contributed by atoms with Gasteiger partial charge in [0.15, 0.2) is 6.61 Å². The first-order valence-corrected chi connectivity index (χ1v) is 10.8. The van der Waals surface area contributed by atoms with E-state index in [0.29, 0.717) is 17.9 Å². The van der Waals surface area contributed by atoms with Gasteiger partial charge >= 0.3 is 5.97 Å². The maximum Gasteiger partial charge on any atom is 0.329 e. The second-order valence-electron chi connectivity index (χ2n) is 6.81. The van der Waals surface area contributed by atoms with Gasteiger partial charge in [-0.25, -0.2) is 9.78 Å². The second kappa shape index (κ2) is 8.67. The van der Waals surface area contributed by atoms with Crippen LogP contribution < -0.4 is 9.64 Å². The lowest BCUT2D eigenvalue weighted by molar-refractivity contribution is -0.146. The molecule has 30 heavy (non-hydrogen) atoms. The summed E-state index contributed by atoms with van der Waals surface area (Å²) >= 11 is 1.56. The summed E-state index contributed by atoms with van der Waals surface area (Å²) < 4.78 is 10.8. The predicted molar refractivity (Wildman–Crippen MR) is 117 cm³/mol. The van der Waals surface area contributed by atoms with Crippen LogP contribution in [0.15, 0.2) is 53.9 Å². The van der Waals surface area contributed by atoms with Crippen molar-refractivity contribution in [2.24, 2.45) is 0 Å². The van der Waals surface area contributed by atoms with E-state index in [2.05, 4.69) is 0 Å². The average molecular weight is 423 g/mol. The number of carbonyl (C=O) groups excluding carboxylic acids is 2. The fourth-order valence-corrected chi connectivity index (χ4v) is 4.32. The Morgan fingerprint density at radius 1 is 1.20 bits per heavy atom. The number of nitrogens with zero attached hydrogens (tertiary/aromatic N) is 2. The number of aromatic nitrogens is 1. The van der Waals surface area contributed by atoms with Gasteiger partial charge in [-0.3, -0.25) is 9.69 Å². The molecule has 154 valence electrons. The maximum atomic E-state index is 12.7. The monoisotopic (exact) mass is 422 g/mol. The van der Waals surface area contributed by atoms with Crippen LogP contribution in [0, 0.1) is 0 Å². The highest BCUT2D eigenvalue weighted by Crippen LogP contribution is 2.38. The van der Waals surface area contributed by atoms with Crippen LogP contribution in [0.2, 0.25) is 0 Å². The number of esters is 1. The molecule has 1 atom stereocenters. The highest BCUT2D eigenvalue weighted by atomic mass is 32.1. The summed E-state index contributed by atoms with van der Waals surface area (Å²) in [6, 6.07) is 14.9. The van der Waals surface area contributed by atoms with E-state index in [-0.39, 0.29) is 19.1 Å². The molecule has 2 heterocycles. The third-order valence-electron chi connectivity index (χ3n) is 4.92. The normalized spacial score (nSPS) is 14.1. The van der Waals surface area contributed by atoms with Gasteiger partial charge in [-0.1, -0.05) is 37.3 Å². The van der Waals surface area contributed by atoms with Gasteiger partial charge in [0.2, 0.25) is 0 Å². The van der Waals surface area contributed by atoms with E-state index in [1.807, 2.05) is 60.8 Å². The Balaban J connectivity index is 1.71. The quantitative estimate of drug-likeness (QED) is 0.546. The van der Waals surface area contributed by atoms with Crippen LogP contribution in [0.1, 0.15) is 20.3 Å². The number of ether oxygens (including phenoxy) is 2. The van der Waals surface area contributed by atoms with Gasteiger partial charge in [0.1, 0.15) is 16.8 Å². The van der Waals surface area contributed by atoms with Crippen molar-refractivity contribution in [3.63, 3.8) is 0 Å². The number of hydrogen-bond donors (Lipinski definition) is 0. The third-order valence-corrected chi connectivity index (χ3v) is 5.81. The Morgan fingerprint density at radius 3 is 2.73 bits per heavy atom. The molecule has 1 amide bonds. The van der Waals surface area contributed by atoms with Crippen molar-refractivity contribution in [1.82, 2.24) is 4.98 Å². The predicted octanol–water partition coefficient (Wildman–Crippen LogP) is 4.54. The van der Waals surface area contributed by atoms with Crippen LogP contribution >= 0.6 is 11.3 Å². The molecule has 0 N–H and O–H groups in total. The fourth-order valence-electron chi connectivity index (χ4n) is 3.48. The van der Waals surface area contributed by atoms with Gasteiger partial charge in [0.05, 0.1) is 18.0 Å². The number of amides is 1. The molecule has 1 aliphatic rings. The molecule has 7 heteroatoms. The summed E-state index contributed by atoms with van der Waals surface area (Å²) in [5.74, 6) is -0.103. The highest BCUT2D eigenvalue weighted by molar-refractivity contribution is 7.13. The molecule has 1 aromatic heterocycles. The number of anilines is 1. The third kappa shape index (κ3) is 3.80. The zero-order valence-electron chi connectivity index (χ0n) is 16.8. The average Bonchev–Trinajstić information content (AvgIpc) is 3.26. The Kier molecular flexibility index (Phi) is 5.81. The SMILES string of the molecule is CCOC(=O)C(CC)N1C(=O)COc2ccc(-c3csc(-c4ccccc4)n3)cc21. The smallest absolute Gasteiger partial charge is 0.329 e. The van der Waals surface area contributed by atoms with Crippen LogP contribution in [0.5, 0.6) is 5.75 Å². The summed E-state index contributed by atoms with van der Waals surface area (Å²) in [5.41, 5.74) is 3.29. The number of fused-ring (bicyclic) bond motifs is 1. The minimum atomic E-state index is -0.689. The van der Waals surface area contributed by atoms with Crippen LogP contribution in [0.25, 0.3) is 21.8 Å². The van der Waals surface area contributed by atoms with E-state index >= 15 is 0 Å². The van der Waals surface area contributed by atoms with Gasteiger partial charge < -0.3 is 9.47 Å². The molecule has 2 aromatic carbocycles. The number of thiazole rings is 1. The van der Waals surface area contributed by atoms with E-state index < -0.39 is 12.0 Å². The van der Waals surface area contributed by atoms with Crippen LogP contribution in [-0.2, 0) is 14.3 Å². The highest BCUT2D eigenvalue weighted by Gasteiger charge is 2.36. The molecule has 1 unspecified atom stereocenters. The Hall–Kier alpha value is -3.19. The van der Waals surface area contributed by atoms with Crippen molar-refractivity contribution in [3.8, 4) is 27.6 Å². The number of carbonyl (C=O) groups is 2. The lowest BCUT2D eigenvalue weighted by atomic mass is 10.1. The fraction of sp³-hybridized carbons (Fsp3) is 0.261. The van der Waals surface area contributed by atoms with Crippen molar-refractivity contribution in [3.05, 3.63) is 53.9 Å². The Labute approximate surface area is 179 Å². The van der Waals surface area contributed by atoms with Crippen LogP contribution in [0.4, 0.5) is 5.69 Å². The van der Waals surface area contributed by atoms with E-state index in [9.17, 15) is 9.59 Å². The number of rotatable bonds is 6. The standard InChI is InChI=1S/C23H22N2O4S/c1-3-18(23(27)28-4-2)25-19-12-16(10-11-20(19)29-13-21(25)26)17-14-30-22(24-17)15-8-6-5-7-9-15/h5-12,14,18H,3-4,13H2,1-2H3. The first-order valence-electron chi connectivity index (χ1n) is 9.89. The molecule has 0 fully saturated rings. The topological polar surface area (TPSA) is 68.7 Å². The molecule has 1 aliphatic heterocycles. The molecule has 0 aliphatic carbocycles. The Bertz CT molecular complexity index is 1060. The zero-order valence-corrected chi connectivity index (χ0v) is 17.6. The summed E-state index contributed by atoms with van der Waals surface area (Å²) in [4.78, 5) is 31.4. The minimum Gasteiger partial charge on any atom is -0.482 e. The van der Waals surface area contributed by atoms with Gasteiger partial charge in [-0.2, -0.15) is 0 Å². The molecule has 0 radical (unpaired) electrons. The minimum absolute atomic E-state index is 0.100. The molecular weight excluding hydrogens is 400 g/mol. The molecule has 6 nitrogen and oxygen atoms in total. The lowest BCUT2D eigenvalue weighted by Gasteiger charge is -2.34. The largest absolute Gasteiger partial charge is 0.482 e. The maximum absolute atomic E-state index is 12.7. The van der Waals surface area contributed by atoms with Crippen molar-refractivity contribution in [1.29, 1.82) is 0 Å². The summed E-state index contributed by atoms with van der Waals surface area (Å²) in [5, 5.41) is 2.91. The van der Waals surface area contributed by atoms with E-state index in [1.165, 1.54) is 4.90 Å². The molecule has 0 saturated heterocycles. The van der Waals surface area contributed by atoms with E-state index in [1.54, 1.807) is 18.3 Å². The van der Waals surface area contributed by atoms with Crippen molar-refractivity contribution in [2.75, 3.05) is 18.1 Å². The van der Waals surface area contributed by atoms with Gasteiger partial charge in [-0.05, 0) is 31.5 Å². The van der Waals surface area contributed by atoms with Crippen molar-refractivity contribution >= 4 is 28.9 Å². The van der Waals surface area contributed by atoms with E-state index in [0.717, 1.165) is 21.8 Å². The molecule has 0 saturated carbocycles. The van der Waals surface area contributed by atoms with Crippen LogP contribution in [0.3, 0.4) is 0 Å². The first kappa shape index (κ1) is 20.1. The summed E-state index contributed by atoms with van der Waals surface area (Å²) in [6.45, 7) is 3.78. The zero-order chi connectivity index (χ0) is 21.1. The van der Waals surface area contributed by atoms with Crippen molar-refractivity contribution in [2.45, 2.75) is 26.3 Å². The van der Waals surface area contributed by atoms with Gasteiger partial charge in [0.25, 0.3) is 5.91 Å². The summed E-state index contributed by atoms with van der Waals surface area (Å²) in [6.07, 6.45) is 0.448. The van der Waals surface area contributed by atoms with Gasteiger partial charge in [-0.15, -0.1) is 11.3 Å². The Morgan fingerprint density at radius 2 is 2.00 bits per heavy atom. The number of benzene rings is 2. The summed E-state index contributed by atoms with van der Waals surface area (Å²) in [7, 11) is 0. The van der Waals surface area contributed by atoms with Gasteiger partial charge in [0, 0.05) is 16.5 Å². The second-order valence-corrected chi connectivity index (χ2v) is 7.67. The molecular formula is C23H22N2O4S. The van der Waals surface area contributed by atoms with Crippen LogP contribution in [-0.4, -0.2) is 36.1 Å². The molecule has 0 spiro atoms. The molecule has 3 aromatic rings. The van der Waals surface area contributed by atoms with Crippen molar-refractivity contribution < 1.29 is 19.1 Å². The van der Waals surface area contributed by atoms with E-state index in [4.69, 9.17) is 14.5 Å².